The van der Waals surface area contributed by atoms with Crippen LogP contribution < -0.4 is 10.3 Å². The van der Waals surface area contributed by atoms with Gasteiger partial charge in [-0.1, -0.05) is 32.8 Å². The van der Waals surface area contributed by atoms with Crippen LogP contribution in [0.3, 0.4) is 0 Å². The molecule has 4 N–H and O–H groups in total. The SMILES string of the molecule is CCc1c2c(nc3ccc(OC(=O)N4CCC(N(C)CCn5ccc6cc(-n7c(O)nnc7-c7cc(C(C)C)c(O)cc7O)ccc65)CC4)cc13)-c1cc(C(C)(O)CC)c(COC=O)c(=O)n1C2. The second kappa shape index (κ2) is 18.1. The smallest absolute Gasteiger partial charge is 0.415 e. The molecule has 1 unspecified atom stereocenters. The molecule has 1 atom stereocenters. The number of piperidine rings is 1. The Hall–Kier alpha value is -7.24. The van der Waals surface area contributed by atoms with Crippen LogP contribution in [0.25, 0.3) is 50.3 Å². The second-order valence-electron chi connectivity index (χ2n) is 18.4. The summed E-state index contributed by atoms with van der Waals surface area (Å²) in [4.78, 5) is 47.6. The van der Waals surface area contributed by atoms with Crippen molar-refractivity contribution >= 4 is 34.4 Å². The number of aromatic hydroxyl groups is 3. The molecule has 17 heteroatoms. The van der Waals surface area contributed by atoms with Crippen LogP contribution in [0.15, 0.2) is 71.7 Å². The average molecular weight is 925 g/mol. The molecule has 0 aliphatic carbocycles. The molecule has 4 aromatic heterocycles. The standard InChI is InChI=1S/C51H56N8O9/c1-7-34-36-22-33(10-11-41(36)52-46-38(34)26-58-43(46)24-40(51(5,66)8-2)39(48(58)63)27-67-28-60)68-50(65)57-17-14-31(15-18-57)55(6)19-20-56-16-13-30-21-32(9-12-42(30)56)59-47(53-54-49(59)64)37-23-35(29(3)4)44(61)25-45(37)62/h9-13,16,21-25,28-29,31,61-62,66H,7-8,14-15,17-20,26-27H2,1-6H3,(H,54,64). The lowest BCUT2D eigenvalue weighted by Crippen LogP contribution is -2.47. The Balaban J connectivity index is 0.839. The van der Waals surface area contributed by atoms with E-state index in [2.05, 4.69) is 26.7 Å². The van der Waals surface area contributed by atoms with Crippen molar-refractivity contribution in [3.8, 4) is 51.7 Å². The van der Waals surface area contributed by atoms with Crippen LogP contribution in [-0.4, -0.2) is 104 Å². The fourth-order valence-corrected chi connectivity index (χ4v) is 9.87. The average Bonchev–Trinajstić information content (AvgIpc) is 4.03. The largest absolute Gasteiger partial charge is 0.508 e. The minimum absolute atomic E-state index is 0.0145. The van der Waals surface area contributed by atoms with E-state index in [-0.39, 0.29) is 59.6 Å². The lowest BCUT2D eigenvalue weighted by molar-refractivity contribution is -0.129. The van der Waals surface area contributed by atoms with E-state index in [9.17, 15) is 34.8 Å². The first-order valence-electron chi connectivity index (χ1n) is 23.1. The first kappa shape index (κ1) is 45.9. The lowest BCUT2D eigenvalue weighted by Gasteiger charge is -2.36. The van der Waals surface area contributed by atoms with Crippen molar-refractivity contribution in [1.29, 1.82) is 0 Å². The highest BCUT2D eigenvalue weighted by Gasteiger charge is 2.34. The molecule has 354 valence electrons. The highest BCUT2D eigenvalue weighted by molar-refractivity contribution is 5.90. The second-order valence-corrected chi connectivity index (χ2v) is 18.4. The lowest BCUT2D eigenvalue weighted by atomic mass is 9.89. The van der Waals surface area contributed by atoms with Gasteiger partial charge in [0.05, 0.1) is 45.9 Å². The molecular weight excluding hydrogens is 869 g/mol. The number of rotatable bonds is 14. The quantitative estimate of drug-likeness (QED) is 0.0789. The predicted octanol–water partition coefficient (Wildman–Crippen LogP) is 7.32. The molecule has 6 heterocycles. The van der Waals surface area contributed by atoms with Crippen molar-refractivity contribution in [3.05, 3.63) is 105 Å². The Morgan fingerprint density at radius 2 is 1.76 bits per heavy atom. The molecule has 68 heavy (non-hydrogen) atoms. The fourth-order valence-electron chi connectivity index (χ4n) is 9.87. The van der Waals surface area contributed by atoms with E-state index in [1.165, 1.54) is 10.6 Å². The molecule has 0 spiro atoms. The first-order chi connectivity index (χ1) is 32.6. The van der Waals surface area contributed by atoms with Gasteiger partial charge in [0.1, 0.15) is 23.9 Å². The van der Waals surface area contributed by atoms with Crippen LogP contribution in [0.4, 0.5) is 4.79 Å². The number of likely N-dealkylation sites (N-methyl/N-ethyl adjacent to an activating group) is 1. The van der Waals surface area contributed by atoms with E-state index >= 15 is 0 Å². The number of benzene rings is 3. The van der Waals surface area contributed by atoms with Crippen molar-refractivity contribution in [1.82, 2.24) is 38.7 Å². The third-order valence-corrected chi connectivity index (χ3v) is 14.0. The van der Waals surface area contributed by atoms with Crippen LogP contribution in [-0.2, 0) is 41.2 Å². The van der Waals surface area contributed by atoms with Gasteiger partial charge in [-0.15, -0.1) is 5.10 Å². The number of hydrogen-bond donors (Lipinski definition) is 4. The zero-order valence-electron chi connectivity index (χ0n) is 39.1. The molecular formula is C51H56N8O9. The fraction of sp³-hybridized carbons (Fsp3) is 0.373. The minimum Gasteiger partial charge on any atom is -0.508 e. The van der Waals surface area contributed by atoms with Crippen LogP contribution >= 0.6 is 0 Å². The van der Waals surface area contributed by atoms with Crippen LogP contribution in [0.1, 0.15) is 87.6 Å². The summed E-state index contributed by atoms with van der Waals surface area (Å²) >= 11 is 0. The maximum absolute atomic E-state index is 13.9. The Bertz CT molecular complexity index is 3160. The van der Waals surface area contributed by atoms with E-state index in [1.54, 1.807) is 34.6 Å². The molecule has 1 amide bonds. The molecule has 1 saturated heterocycles. The van der Waals surface area contributed by atoms with Gasteiger partial charge < -0.3 is 48.8 Å². The number of amides is 1. The molecule has 17 nitrogen and oxygen atoms in total. The van der Waals surface area contributed by atoms with Gasteiger partial charge >= 0.3 is 12.1 Å². The summed E-state index contributed by atoms with van der Waals surface area (Å²) in [5.41, 5.74) is 5.38. The van der Waals surface area contributed by atoms with Gasteiger partial charge in [-0.25, -0.2) is 14.3 Å². The van der Waals surface area contributed by atoms with Gasteiger partial charge in [-0.2, -0.15) is 0 Å². The van der Waals surface area contributed by atoms with E-state index in [0.29, 0.717) is 77.4 Å². The zero-order valence-corrected chi connectivity index (χ0v) is 39.1. The van der Waals surface area contributed by atoms with Crippen LogP contribution in [0.2, 0.25) is 0 Å². The number of fused-ring (bicyclic) bond motifs is 5. The summed E-state index contributed by atoms with van der Waals surface area (Å²) in [5.74, 6) is 0.443. The summed E-state index contributed by atoms with van der Waals surface area (Å²) in [5, 5.41) is 53.1. The number of likely N-dealkylation sites (tertiary alicyclic amines) is 1. The summed E-state index contributed by atoms with van der Waals surface area (Å²) < 4.78 is 16.3. The number of phenolic OH excluding ortho intramolecular Hbond substituents is 2. The number of nitrogens with zero attached hydrogens (tertiary/aromatic N) is 8. The van der Waals surface area contributed by atoms with E-state index in [1.807, 2.05) is 70.3 Å². The van der Waals surface area contributed by atoms with Crippen molar-refractivity contribution in [2.45, 2.75) is 97.6 Å². The summed E-state index contributed by atoms with van der Waals surface area (Å²) in [6.45, 7) is 12.3. The van der Waals surface area contributed by atoms with Gasteiger partial charge in [0.25, 0.3) is 12.0 Å². The third-order valence-electron chi connectivity index (χ3n) is 14.0. The number of aromatic nitrogens is 6. The van der Waals surface area contributed by atoms with Crippen molar-refractivity contribution in [2.75, 3.05) is 26.7 Å². The van der Waals surface area contributed by atoms with Gasteiger partial charge in [0.2, 0.25) is 0 Å². The molecule has 0 bridgehead atoms. The number of pyridine rings is 2. The van der Waals surface area contributed by atoms with Gasteiger partial charge in [-0.05, 0) is 117 Å². The Morgan fingerprint density at radius 1 is 0.985 bits per heavy atom. The minimum atomic E-state index is -1.33. The Kier molecular flexibility index (Phi) is 12.2. The third kappa shape index (κ3) is 8.19. The molecule has 1 fully saturated rings. The first-order valence-corrected chi connectivity index (χ1v) is 23.1. The summed E-state index contributed by atoms with van der Waals surface area (Å²) in [6.07, 6.45) is 4.17. The maximum Gasteiger partial charge on any atom is 0.415 e. The molecule has 3 aromatic carbocycles. The van der Waals surface area contributed by atoms with Crippen molar-refractivity contribution < 1.29 is 39.5 Å². The normalized spacial score (nSPS) is 14.8. The van der Waals surface area contributed by atoms with Crippen molar-refractivity contribution in [2.24, 2.45) is 0 Å². The van der Waals surface area contributed by atoms with E-state index < -0.39 is 11.7 Å². The molecule has 9 rings (SSSR count). The van der Waals surface area contributed by atoms with Gasteiger partial charge in [0, 0.05) is 66.3 Å². The Morgan fingerprint density at radius 3 is 2.49 bits per heavy atom. The number of carbonyl (C=O) groups excluding carboxylic acids is 2. The Labute approximate surface area is 392 Å². The number of aliphatic hydroxyl groups is 1. The number of hydrogen-bond acceptors (Lipinski definition) is 13. The van der Waals surface area contributed by atoms with Gasteiger partial charge in [-0.3, -0.25) is 9.59 Å². The van der Waals surface area contributed by atoms with Crippen LogP contribution in [0.5, 0.6) is 23.3 Å². The molecule has 0 saturated carbocycles. The number of carbonyl (C=O) groups is 2. The molecule has 7 aromatic rings. The summed E-state index contributed by atoms with van der Waals surface area (Å²) in [6, 6.07) is 17.9. The molecule has 0 radical (unpaired) electrons. The van der Waals surface area contributed by atoms with E-state index in [0.717, 1.165) is 53.3 Å². The topological polar surface area (TPSA) is 211 Å². The number of aryl methyl sites for hydroxylation is 1. The monoisotopic (exact) mass is 924 g/mol. The van der Waals surface area contributed by atoms with Gasteiger partial charge in [0.15, 0.2) is 5.82 Å². The zero-order chi connectivity index (χ0) is 48.2. The highest BCUT2D eigenvalue weighted by Crippen LogP contribution is 2.41. The van der Waals surface area contributed by atoms with Crippen molar-refractivity contribution in [3.63, 3.8) is 0 Å². The predicted molar refractivity (Wildman–Crippen MR) is 255 cm³/mol. The number of ether oxygens (including phenoxy) is 2. The van der Waals surface area contributed by atoms with E-state index in [4.69, 9.17) is 14.5 Å². The number of phenols is 2. The molecule has 2 aliphatic rings. The highest BCUT2D eigenvalue weighted by atomic mass is 16.6. The maximum atomic E-state index is 13.9. The summed E-state index contributed by atoms with van der Waals surface area (Å²) in [7, 11) is 2.11. The molecule has 2 aliphatic heterocycles. The van der Waals surface area contributed by atoms with Crippen LogP contribution in [0, 0.1) is 0 Å².